The maximum Gasteiger partial charge on any atom is 0.307 e. The van der Waals surface area contributed by atoms with E-state index >= 15 is 0 Å². The van der Waals surface area contributed by atoms with E-state index in [0.717, 1.165) is 25.7 Å². The molecule has 6 atom stereocenters. The number of carbonyl (C=O) groups excluding carboxylic acids is 2. The summed E-state index contributed by atoms with van der Waals surface area (Å²) < 4.78 is 61.9. The van der Waals surface area contributed by atoms with Crippen LogP contribution in [0.25, 0.3) is 0 Å². The van der Waals surface area contributed by atoms with E-state index in [1.165, 1.54) is 13.8 Å². The number of hydrogen-bond donors (Lipinski definition) is 0. The number of rotatable bonds is 13. The van der Waals surface area contributed by atoms with Gasteiger partial charge in [-0.05, 0) is 99.7 Å². The van der Waals surface area contributed by atoms with E-state index in [2.05, 4.69) is 55.4 Å². The van der Waals surface area contributed by atoms with Gasteiger partial charge in [0.25, 0.3) is 0 Å². The first kappa shape index (κ1) is 37.3. The fourth-order valence-corrected chi connectivity index (χ4v) is 12.0. The van der Waals surface area contributed by atoms with Crippen molar-refractivity contribution in [2.75, 3.05) is 0 Å². The SMILES string of the molecule is CC(=O)C1(S(=O)(=O)OOS(=O)(=O)C2(C(C)=O)CCCCC2CC(C)CC(C)(C)C)CCCCC1CC(C)CC(C)(C)C. The largest absolute Gasteiger partial charge is 0.307 e. The van der Waals surface area contributed by atoms with Crippen LogP contribution in [0.1, 0.15) is 146 Å². The Bertz CT molecular complexity index is 1070. The first-order valence-corrected chi connectivity index (χ1v) is 18.7. The van der Waals surface area contributed by atoms with Crippen LogP contribution >= 0.6 is 0 Å². The number of hydrogen-bond acceptors (Lipinski definition) is 8. The van der Waals surface area contributed by atoms with Crippen LogP contribution in [-0.2, 0) is 38.5 Å². The minimum absolute atomic E-state index is 0.0292. The Balaban J connectivity index is 2.42. The molecule has 0 bridgehead atoms. The summed E-state index contributed by atoms with van der Waals surface area (Å²) >= 11 is 0. The average molecular weight is 635 g/mol. The molecule has 0 saturated heterocycles. The molecule has 2 aliphatic carbocycles. The summed E-state index contributed by atoms with van der Waals surface area (Å²) in [4.78, 5) is 26.4. The van der Waals surface area contributed by atoms with Crippen molar-refractivity contribution in [2.24, 2.45) is 34.5 Å². The predicted octanol–water partition coefficient (Wildman–Crippen LogP) is 7.56. The van der Waals surface area contributed by atoms with Gasteiger partial charge in [0, 0.05) is 0 Å². The first-order chi connectivity index (χ1) is 19.0. The maximum absolute atomic E-state index is 13.9. The second-order valence-corrected chi connectivity index (χ2v) is 19.6. The van der Waals surface area contributed by atoms with Gasteiger partial charge in [0.2, 0.25) is 0 Å². The Hall–Kier alpha value is -0.840. The third kappa shape index (κ3) is 8.45. The number of carbonyl (C=O) groups is 2. The molecule has 246 valence electrons. The van der Waals surface area contributed by atoms with E-state index in [1.807, 2.05) is 0 Å². The highest BCUT2D eigenvalue weighted by Crippen LogP contribution is 2.48. The lowest BCUT2D eigenvalue weighted by Crippen LogP contribution is -2.56. The van der Waals surface area contributed by atoms with Crippen LogP contribution in [0.5, 0.6) is 0 Å². The van der Waals surface area contributed by atoms with Crippen molar-refractivity contribution in [1.29, 1.82) is 0 Å². The molecule has 2 saturated carbocycles. The van der Waals surface area contributed by atoms with Gasteiger partial charge in [-0.3, -0.25) is 9.59 Å². The van der Waals surface area contributed by atoms with Crippen molar-refractivity contribution in [3.63, 3.8) is 0 Å². The summed E-state index contributed by atoms with van der Waals surface area (Å²) in [6.45, 7) is 19.3. The van der Waals surface area contributed by atoms with Crippen LogP contribution in [0, 0.1) is 34.5 Å². The van der Waals surface area contributed by atoms with Gasteiger partial charge in [-0.1, -0.05) is 89.7 Å². The highest BCUT2D eigenvalue weighted by atomic mass is 32.2. The normalized spacial score (nSPS) is 29.6. The molecule has 0 amide bonds. The monoisotopic (exact) mass is 634 g/mol. The van der Waals surface area contributed by atoms with E-state index in [9.17, 15) is 26.4 Å². The summed E-state index contributed by atoms with van der Waals surface area (Å²) in [6, 6.07) is 0. The zero-order valence-corrected chi connectivity index (χ0v) is 29.5. The van der Waals surface area contributed by atoms with E-state index in [-0.39, 0.29) is 35.5 Å². The third-order valence-corrected chi connectivity index (χ3v) is 13.6. The van der Waals surface area contributed by atoms with Gasteiger partial charge in [0.15, 0.2) is 21.1 Å². The molecule has 0 aromatic rings. The van der Waals surface area contributed by atoms with Crippen LogP contribution < -0.4 is 0 Å². The fourth-order valence-electron chi connectivity index (χ4n) is 8.41. The minimum Gasteiger partial charge on any atom is -0.298 e. The van der Waals surface area contributed by atoms with Gasteiger partial charge in [-0.25, -0.2) is 0 Å². The predicted molar refractivity (Wildman–Crippen MR) is 166 cm³/mol. The molecule has 2 rings (SSSR count). The lowest BCUT2D eigenvalue weighted by molar-refractivity contribution is -0.129. The second-order valence-electron chi connectivity index (χ2n) is 16.0. The molecule has 0 aromatic carbocycles. The molecule has 0 aliphatic heterocycles. The summed E-state index contributed by atoms with van der Waals surface area (Å²) in [6.07, 6.45) is 6.39. The van der Waals surface area contributed by atoms with Gasteiger partial charge in [0.05, 0.1) is 0 Å². The van der Waals surface area contributed by atoms with Crippen molar-refractivity contribution < 1.29 is 35.1 Å². The molecule has 10 heteroatoms. The molecule has 2 aliphatic rings. The molecule has 0 spiro atoms. The Morgan fingerprint density at radius 3 is 1.24 bits per heavy atom. The molecule has 2 fully saturated rings. The summed E-state index contributed by atoms with van der Waals surface area (Å²) in [5.41, 5.74) is 0.0584. The van der Waals surface area contributed by atoms with E-state index in [0.29, 0.717) is 38.5 Å². The fraction of sp³-hybridized carbons (Fsp3) is 0.938. The maximum atomic E-state index is 13.9. The summed E-state index contributed by atoms with van der Waals surface area (Å²) in [5, 5.41) is 0. The smallest absolute Gasteiger partial charge is 0.298 e. The van der Waals surface area contributed by atoms with Crippen molar-refractivity contribution >= 4 is 31.8 Å². The van der Waals surface area contributed by atoms with Crippen LogP contribution in [0.2, 0.25) is 0 Å². The Labute approximate surface area is 256 Å². The summed E-state index contributed by atoms with van der Waals surface area (Å²) in [7, 11) is -9.67. The van der Waals surface area contributed by atoms with Gasteiger partial charge in [0.1, 0.15) is 0 Å². The van der Waals surface area contributed by atoms with E-state index < -0.39 is 53.1 Å². The van der Waals surface area contributed by atoms with Crippen molar-refractivity contribution in [2.45, 2.75) is 156 Å². The number of Topliss-reactive ketones (excluding diaryl/α,β-unsaturated/α-hetero) is 2. The zero-order chi connectivity index (χ0) is 32.4. The number of ketones is 2. The zero-order valence-electron chi connectivity index (χ0n) is 27.9. The van der Waals surface area contributed by atoms with Crippen LogP contribution in [-0.4, -0.2) is 37.9 Å². The lowest BCUT2D eigenvalue weighted by Gasteiger charge is -2.43. The van der Waals surface area contributed by atoms with Crippen molar-refractivity contribution in [3.05, 3.63) is 0 Å². The molecule has 42 heavy (non-hydrogen) atoms. The topological polar surface area (TPSA) is 121 Å². The minimum atomic E-state index is -4.83. The van der Waals surface area contributed by atoms with E-state index in [4.69, 9.17) is 8.67 Å². The molecule has 8 nitrogen and oxygen atoms in total. The van der Waals surface area contributed by atoms with Crippen LogP contribution in [0.3, 0.4) is 0 Å². The third-order valence-electron chi connectivity index (χ3n) is 9.61. The molecule has 0 radical (unpaired) electrons. The van der Waals surface area contributed by atoms with Crippen molar-refractivity contribution in [1.82, 2.24) is 0 Å². The van der Waals surface area contributed by atoms with Crippen LogP contribution in [0.15, 0.2) is 0 Å². The quantitative estimate of drug-likeness (QED) is 0.150. The van der Waals surface area contributed by atoms with Gasteiger partial charge in [-0.2, -0.15) is 16.8 Å². The van der Waals surface area contributed by atoms with Gasteiger partial charge >= 0.3 is 20.2 Å². The highest BCUT2D eigenvalue weighted by Gasteiger charge is 2.60. The molecular formula is C32H58O8S2. The lowest BCUT2D eigenvalue weighted by atomic mass is 9.71. The molecule has 6 unspecified atom stereocenters. The highest BCUT2D eigenvalue weighted by molar-refractivity contribution is 7.91. The molecule has 0 aromatic heterocycles. The Morgan fingerprint density at radius 2 is 0.976 bits per heavy atom. The standard InChI is InChI=1S/C32H58O8S2/c1-23(21-29(5,6)7)19-27-15-11-13-17-31(27,25(3)33)41(35,36)39-40-42(37,38)32(26(4)34)18-14-12-16-28(32)20-24(2)22-30(8,9)10/h23-24,27-28H,11-22H2,1-10H3. The molecular weight excluding hydrogens is 576 g/mol. The average Bonchev–Trinajstić information content (AvgIpc) is 2.80. The van der Waals surface area contributed by atoms with Crippen molar-refractivity contribution in [3.8, 4) is 0 Å². The summed E-state index contributed by atoms with van der Waals surface area (Å²) in [5.74, 6) is -1.90. The molecule has 0 heterocycles. The van der Waals surface area contributed by atoms with E-state index in [1.54, 1.807) is 0 Å². The molecule has 0 N–H and O–H groups in total. The van der Waals surface area contributed by atoms with Crippen LogP contribution in [0.4, 0.5) is 0 Å². The second kappa shape index (κ2) is 13.7. The first-order valence-electron chi connectivity index (χ1n) is 15.9. The van der Waals surface area contributed by atoms with Gasteiger partial charge < -0.3 is 0 Å². The van der Waals surface area contributed by atoms with Gasteiger partial charge in [-0.15, -0.1) is 0 Å². The Morgan fingerprint density at radius 1 is 0.667 bits per heavy atom. The Kier molecular flexibility index (Phi) is 12.1.